The van der Waals surface area contributed by atoms with Crippen LogP contribution in [-0.2, 0) is 6.61 Å². The van der Waals surface area contributed by atoms with Crippen molar-refractivity contribution in [3.05, 3.63) is 68.2 Å². The van der Waals surface area contributed by atoms with E-state index in [0.29, 0.717) is 4.47 Å². The molecule has 0 radical (unpaired) electrons. The molecule has 0 atom stereocenters. The van der Waals surface area contributed by atoms with Crippen LogP contribution in [0.5, 0.6) is 5.75 Å². The summed E-state index contributed by atoms with van der Waals surface area (Å²) in [5, 5.41) is 10.5. The number of nitrogens with zero attached hydrogens (tertiary/aromatic N) is 1. The number of non-ortho nitro benzene ring substituents is 1. The Balaban J connectivity index is 2.13. The molecule has 0 heterocycles. The first-order chi connectivity index (χ1) is 9.47. The third-order valence-electron chi connectivity index (χ3n) is 2.52. The maximum absolute atomic E-state index is 13.5. The molecule has 2 aromatic rings. The minimum Gasteiger partial charge on any atom is -0.486 e. The number of hydrogen-bond donors (Lipinski definition) is 0. The lowest BCUT2D eigenvalue weighted by Gasteiger charge is -2.08. The van der Waals surface area contributed by atoms with Crippen LogP contribution < -0.4 is 4.74 Å². The number of halogens is 3. The van der Waals surface area contributed by atoms with Crippen LogP contribution in [0.1, 0.15) is 5.56 Å². The van der Waals surface area contributed by atoms with Gasteiger partial charge in [0.15, 0.2) is 11.6 Å². The number of hydrogen-bond acceptors (Lipinski definition) is 3. The first-order valence-corrected chi connectivity index (χ1v) is 6.27. The minimum absolute atomic E-state index is 0.169. The van der Waals surface area contributed by atoms with Gasteiger partial charge in [-0.2, -0.15) is 0 Å². The summed E-state index contributed by atoms with van der Waals surface area (Å²) in [7, 11) is 0. The number of ether oxygens (including phenoxy) is 1. The Hall–Kier alpha value is -2.02. The molecule has 0 unspecified atom stereocenters. The van der Waals surface area contributed by atoms with Gasteiger partial charge in [0.25, 0.3) is 5.69 Å². The zero-order chi connectivity index (χ0) is 14.7. The second-order valence-electron chi connectivity index (χ2n) is 3.90. The van der Waals surface area contributed by atoms with E-state index in [1.165, 1.54) is 12.1 Å². The van der Waals surface area contributed by atoms with Crippen LogP contribution in [0.15, 0.2) is 40.9 Å². The van der Waals surface area contributed by atoms with Gasteiger partial charge in [-0.3, -0.25) is 10.1 Å². The number of benzene rings is 2. The van der Waals surface area contributed by atoms with E-state index in [-0.39, 0.29) is 23.6 Å². The maximum Gasteiger partial charge on any atom is 0.272 e. The Morgan fingerprint density at radius 3 is 2.50 bits per heavy atom. The summed E-state index contributed by atoms with van der Waals surface area (Å²) in [5.41, 5.74) is -0.115. The first-order valence-electron chi connectivity index (χ1n) is 5.48. The van der Waals surface area contributed by atoms with E-state index < -0.39 is 16.6 Å². The van der Waals surface area contributed by atoms with E-state index in [2.05, 4.69) is 15.9 Å². The molecule has 2 rings (SSSR count). The second kappa shape index (κ2) is 5.96. The fourth-order valence-corrected chi connectivity index (χ4v) is 1.85. The van der Waals surface area contributed by atoms with Gasteiger partial charge in [-0.15, -0.1) is 0 Å². The highest BCUT2D eigenvalue weighted by Crippen LogP contribution is 2.24. The van der Waals surface area contributed by atoms with Crippen LogP contribution in [0.4, 0.5) is 14.5 Å². The highest BCUT2D eigenvalue weighted by atomic mass is 79.9. The van der Waals surface area contributed by atoms with Crippen LogP contribution in [-0.4, -0.2) is 4.92 Å². The van der Waals surface area contributed by atoms with Gasteiger partial charge in [-0.25, -0.2) is 8.78 Å². The largest absolute Gasteiger partial charge is 0.486 e. The molecular formula is C13H8BrF2NO3. The van der Waals surface area contributed by atoms with Crippen molar-refractivity contribution in [2.75, 3.05) is 0 Å². The molecule has 7 heteroatoms. The quantitative estimate of drug-likeness (QED) is 0.617. The number of rotatable bonds is 4. The average Bonchev–Trinajstić information content (AvgIpc) is 2.38. The number of nitro benzene ring substituents is 1. The van der Waals surface area contributed by atoms with E-state index in [4.69, 9.17) is 4.74 Å². The monoisotopic (exact) mass is 343 g/mol. The van der Waals surface area contributed by atoms with Crippen molar-refractivity contribution in [1.29, 1.82) is 0 Å². The molecule has 2 aromatic carbocycles. The van der Waals surface area contributed by atoms with Gasteiger partial charge in [0.2, 0.25) is 0 Å². The predicted molar refractivity (Wildman–Crippen MR) is 71.5 cm³/mol. The van der Waals surface area contributed by atoms with Gasteiger partial charge in [0, 0.05) is 16.1 Å². The first kappa shape index (κ1) is 14.4. The van der Waals surface area contributed by atoms with Gasteiger partial charge < -0.3 is 4.74 Å². The lowest BCUT2D eigenvalue weighted by Crippen LogP contribution is -2.00. The van der Waals surface area contributed by atoms with Crippen molar-refractivity contribution >= 4 is 21.6 Å². The van der Waals surface area contributed by atoms with Crippen LogP contribution in [0.25, 0.3) is 0 Å². The molecule has 20 heavy (non-hydrogen) atoms. The molecule has 0 aliphatic rings. The van der Waals surface area contributed by atoms with Gasteiger partial charge in [-0.05, 0) is 18.2 Å². The maximum atomic E-state index is 13.5. The van der Waals surface area contributed by atoms with Gasteiger partial charge >= 0.3 is 0 Å². The third-order valence-corrected chi connectivity index (χ3v) is 3.02. The molecule has 4 nitrogen and oxygen atoms in total. The lowest BCUT2D eigenvalue weighted by molar-refractivity contribution is -0.385. The third kappa shape index (κ3) is 3.30. The summed E-state index contributed by atoms with van der Waals surface area (Å²) in [5.74, 6) is -1.52. The normalized spacial score (nSPS) is 10.3. The summed E-state index contributed by atoms with van der Waals surface area (Å²) >= 11 is 3.12. The highest BCUT2D eigenvalue weighted by Gasteiger charge is 2.12. The van der Waals surface area contributed by atoms with E-state index >= 15 is 0 Å². The zero-order valence-electron chi connectivity index (χ0n) is 9.98. The molecule has 104 valence electrons. The Labute approximate surface area is 121 Å². The predicted octanol–water partition coefficient (Wildman–Crippen LogP) is 4.21. The molecule has 0 spiro atoms. The van der Waals surface area contributed by atoms with Gasteiger partial charge in [0.1, 0.15) is 12.4 Å². The fraction of sp³-hybridized carbons (Fsp3) is 0.0769. The van der Waals surface area contributed by atoms with Crippen molar-refractivity contribution in [2.45, 2.75) is 6.61 Å². The zero-order valence-corrected chi connectivity index (χ0v) is 11.6. The average molecular weight is 344 g/mol. The van der Waals surface area contributed by atoms with Crippen molar-refractivity contribution in [3.8, 4) is 5.75 Å². The van der Waals surface area contributed by atoms with E-state index in [1.807, 2.05) is 0 Å². The molecule has 0 aromatic heterocycles. The van der Waals surface area contributed by atoms with Gasteiger partial charge in [0.05, 0.1) is 11.0 Å². The minimum atomic E-state index is -0.864. The highest BCUT2D eigenvalue weighted by molar-refractivity contribution is 9.10. The Kier molecular flexibility index (Phi) is 4.29. The molecule has 0 N–H and O–H groups in total. The Morgan fingerprint density at radius 2 is 1.90 bits per heavy atom. The van der Waals surface area contributed by atoms with Crippen molar-refractivity contribution < 1.29 is 18.4 Å². The summed E-state index contributed by atoms with van der Waals surface area (Å²) in [6.07, 6.45) is 0. The molecule has 0 saturated heterocycles. The summed E-state index contributed by atoms with van der Waals surface area (Å²) in [6, 6.07) is 7.43. The summed E-state index contributed by atoms with van der Waals surface area (Å²) in [6.45, 7) is -0.173. The topological polar surface area (TPSA) is 52.4 Å². The summed E-state index contributed by atoms with van der Waals surface area (Å²) < 4.78 is 32.8. The molecule has 0 aliphatic heterocycles. The van der Waals surface area contributed by atoms with Crippen LogP contribution in [0.3, 0.4) is 0 Å². The summed E-state index contributed by atoms with van der Waals surface area (Å²) in [4.78, 5) is 9.76. The molecule has 0 aliphatic carbocycles. The molecular weight excluding hydrogens is 336 g/mol. The van der Waals surface area contributed by atoms with E-state index in [1.54, 1.807) is 6.07 Å². The fourth-order valence-electron chi connectivity index (χ4n) is 1.51. The van der Waals surface area contributed by atoms with Crippen molar-refractivity contribution in [3.63, 3.8) is 0 Å². The molecule has 0 amide bonds. The van der Waals surface area contributed by atoms with Crippen molar-refractivity contribution in [2.24, 2.45) is 0 Å². The standard InChI is InChI=1S/C13H8BrF2NO3/c14-9-2-1-8(11(15)5-9)7-20-13-4-3-10(17(18)19)6-12(13)16/h1-6H,7H2. The van der Waals surface area contributed by atoms with Crippen LogP contribution >= 0.6 is 15.9 Å². The molecule has 0 saturated carbocycles. The second-order valence-corrected chi connectivity index (χ2v) is 4.81. The van der Waals surface area contributed by atoms with Gasteiger partial charge in [-0.1, -0.05) is 22.0 Å². The SMILES string of the molecule is O=[N+]([O-])c1ccc(OCc2ccc(Br)cc2F)c(F)c1. The van der Waals surface area contributed by atoms with E-state index in [9.17, 15) is 18.9 Å². The Morgan fingerprint density at radius 1 is 1.15 bits per heavy atom. The van der Waals surface area contributed by atoms with E-state index in [0.717, 1.165) is 18.2 Å². The molecule has 0 bridgehead atoms. The smallest absolute Gasteiger partial charge is 0.272 e. The molecule has 0 fully saturated rings. The van der Waals surface area contributed by atoms with Crippen molar-refractivity contribution in [1.82, 2.24) is 0 Å². The lowest BCUT2D eigenvalue weighted by atomic mass is 10.2. The Bertz CT molecular complexity index is 664. The van der Waals surface area contributed by atoms with Crippen LogP contribution in [0.2, 0.25) is 0 Å². The van der Waals surface area contributed by atoms with Crippen LogP contribution in [0, 0.1) is 21.7 Å². The number of nitro groups is 1.